The van der Waals surface area contributed by atoms with Crippen LogP contribution in [0.15, 0.2) is 24.3 Å². The van der Waals surface area contributed by atoms with Gasteiger partial charge in [-0.3, -0.25) is 4.79 Å². The van der Waals surface area contributed by atoms with E-state index in [2.05, 4.69) is 10.1 Å². The van der Waals surface area contributed by atoms with Gasteiger partial charge in [-0.25, -0.2) is 4.79 Å². The molecule has 0 saturated carbocycles. The first kappa shape index (κ1) is 17.2. The van der Waals surface area contributed by atoms with E-state index < -0.39 is 5.97 Å². The Morgan fingerprint density at radius 3 is 2.33 bits per heavy atom. The highest BCUT2D eigenvalue weighted by Crippen LogP contribution is 2.11. The summed E-state index contributed by atoms with van der Waals surface area (Å²) in [7, 11) is 1.35. The Morgan fingerprint density at radius 2 is 1.86 bits per heavy atom. The van der Waals surface area contributed by atoms with E-state index in [4.69, 9.17) is 5.11 Å². The second kappa shape index (κ2) is 8.42. The molecule has 5 nitrogen and oxygen atoms in total. The number of carbonyl (C=O) groups is 2. The fourth-order valence-corrected chi connectivity index (χ4v) is 2.11. The molecule has 5 heteroatoms. The van der Waals surface area contributed by atoms with E-state index in [1.807, 2.05) is 26.0 Å². The molecule has 0 bridgehead atoms. The first-order chi connectivity index (χ1) is 9.93. The molecular formula is C16H23NO4. The Morgan fingerprint density at radius 1 is 1.24 bits per heavy atom. The standard InChI is InChI=1S/C16H23NO4/c1-11(2)8-14(15(18)19)10-17-9-12-4-6-13(7-5-12)16(20)21-3/h4-7,11,14,17H,8-10H2,1-3H3,(H,18,19). The number of ether oxygens (including phenoxy) is 1. The highest BCUT2D eigenvalue weighted by atomic mass is 16.5. The molecule has 1 aromatic carbocycles. The quantitative estimate of drug-likeness (QED) is 0.719. The van der Waals surface area contributed by atoms with E-state index in [9.17, 15) is 9.59 Å². The molecule has 21 heavy (non-hydrogen) atoms. The van der Waals surface area contributed by atoms with Gasteiger partial charge in [0.2, 0.25) is 0 Å². The lowest BCUT2D eigenvalue weighted by Crippen LogP contribution is -2.29. The molecule has 1 aromatic rings. The van der Waals surface area contributed by atoms with Crippen LogP contribution in [-0.2, 0) is 16.1 Å². The fourth-order valence-electron chi connectivity index (χ4n) is 2.11. The number of esters is 1. The Kier molecular flexibility index (Phi) is 6.88. The van der Waals surface area contributed by atoms with Crippen molar-refractivity contribution in [1.29, 1.82) is 0 Å². The van der Waals surface area contributed by atoms with Crippen LogP contribution in [0.4, 0.5) is 0 Å². The largest absolute Gasteiger partial charge is 0.481 e. The van der Waals surface area contributed by atoms with E-state index in [1.165, 1.54) is 7.11 Å². The minimum Gasteiger partial charge on any atom is -0.481 e. The lowest BCUT2D eigenvalue weighted by atomic mass is 9.97. The SMILES string of the molecule is COC(=O)c1ccc(CNCC(CC(C)C)C(=O)O)cc1. The van der Waals surface area contributed by atoms with E-state index in [1.54, 1.807) is 12.1 Å². The molecule has 0 aliphatic carbocycles. The number of nitrogens with one attached hydrogen (secondary N) is 1. The molecule has 1 rings (SSSR count). The first-order valence-corrected chi connectivity index (χ1v) is 7.04. The molecule has 1 atom stereocenters. The zero-order valence-electron chi connectivity index (χ0n) is 12.8. The lowest BCUT2D eigenvalue weighted by molar-refractivity contribution is -0.142. The number of rotatable bonds is 8. The van der Waals surface area contributed by atoms with Gasteiger partial charge >= 0.3 is 11.9 Å². The zero-order chi connectivity index (χ0) is 15.8. The molecule has 0 aliphatic heterocycles. The minimum absolute atomic E-state index is 0.354. The summed E-state index contributed by atoms with van der Waals surface area (Å²) in [5.41, 5.74) is 1.50. The van der Waals surface area contributed by atoms with Crippen LogP contribution >= 0.6 is 0 Å². The number of methoxy groups -OCH3 is 1. The average molecular weight is 293 g/mol. The summed E-state index contributed by atoms with van der Waals surface area (Å²) in [6.45, 7) is 5.04. The molecule has 0 aromatic heterocycles. The number of hydrogen-bond donors (Lipinski definition) is 2. The lowest BCUT2D eigenvalue weighted by Gasteiger charge is -2.15. The van der Waals surface area contributed by atoms with E-state index in [0.717, 1.165) is 5.56 Å². The van der Waals surface area contributed by atoms with Crippen molar-refractivity contribution in [3.05, 3.63) is 35.4 Å². The van der Waals surface area contributed by atoms with Crippen LogP contribution in [0.25, 0.3) is 0 Å². The third kappa shape index (κ3) is 5.95. The Balaban J connectivity index is 2.47. The van der Waals surface area contributed by atoms with Gasteiger partial charge in [0.25, 0.3) is 0 Å². The smallest absolute Gasteiger partial charge is 0.337 e. The number of carboxylic acids is 1. The van der Waals surface area contributed by atoms with E-state index >= 15 is 0 Å². The van der Waals surface area contributed by atoms with Crippen LogP contribution in [-0.4, -0.2) is 30.7 Å². The van der Waals surface area contributed by atoms with Gasteiger partial charge < -0.3 is 15.2 Å². The third-order valence-electron chi connectivity index (χ3n) is 3.20. The van der Waals surface area contributed by atoms with Crippen LogP contribution in [0.1, 0.15) is 36.2 Å². The van der Waals surface area contributed by atoms with Gasteiger partial charge in [-0.05, 0) is 30.0 Å². The van der Waals surface area contributed by atoms with Crippen molar-refractivity contribution in [3.63, 3.8) is 0 Å². The van der Waals surface area contributed by atoms with Crippen molar-refractivity contribution in [2.75, 3.05) is 13.7 Å². The predicted octanol–water partition coefficient (Wildman–Crippen LogP) is 2.31. The molecule has 0 radical (unpaired) electrons. The first-order valence-electron chi connectivity index (χ1n) is 7.04. The van der Waals surface area contributed by atoms with Gasteiger partial charge in [0, 0.05) is 13.1 Å². The van der Waals surface area contributed by atoms with Gasteiger partial charge in [0.05, 0.1) is 18.6 Å². The van der Waals surface area contributed by atoms with Crippen LogP contribution in [0, 0.1) is 11.8 Å². The maximum Gasteiger partial charge on any atom is 0.337 e. The predicted molar refractivity (Wildman–Crippen MR) is 80.1 cm³/mol. The zero-order valence-corrected chi connectivity index (χ0v) is 12.8. The summed E-state index contributed by atoms with van der Waals surface area (Å²) < 4.78 is 4.63. The second-order valence-corrected chi connectivity index (χ2v) is 5.48. The number of benzene rings is 1. The topological polar surface area (TPSA) is 75.6 Å². The Labute approximate surface area is 125 Å². The highest BCUT2D eigenvalue weighted by molar-refractivity contribution is 5.89. The van der Waals surface area contributed by atoms with Gasteiger partial charge in [0.15, 0.2) is 0 Å². The molecule has 1 unspecified atom stereocenters. The molecule has 0 heterocycles. The number of carboxylic acid groups (broad SMARTS) is 1. The fraction of sp³-hybridized carbons (Fsp3) is 0.500. The summed E-state index contributed by atoms with van der Waals surface area (Å²) in [5, 5.41) is 12.3. The van der Waals surface area contributed by atoms with Crippen molar-refractivity contribution >= 4 is 11.9 Å². The number of carbonyl (C=O) groups excluding carboxylic acids is 1. The summed E-state index contributed by atoms with van der Waals surface area (Å²) in [4.78, 5) is 22.4. The van der Waals surface area contributed by atoms with Crippen molar-refractivity contribution in [1.82, 2.24) is 5.32 Å². The minimum atomic E-state index is -0.766. The summed E-state index contributed by atoms with van der Waals surface area (Å²) in [6.07, 6.45) is 0.656. The maximum absolute atomic E-state index is 11.3. The summed E-state index contributed by atoms with van der Waals surface area (Å²) >= 11 is 0. The van der Waals surface area contributed by atoms with Crippen molar-refractivity contribution in [2.24, 2.45) is 11.8 Å². The molecule has 0 aliphatic rings. The average Bonchev–Trinajstić information content (AvgIpc) is 2.45. The number of hydrogen-bond acceptors (Lipinski definition) is 4. The molecule has 0 saturated heterocycles. The second-order valence-electron chi connectivity index (χ2n) is 5.48. The highest BCUT2D eigenvalue weighted by Gasteiger charge is 2.18. The van der Waals surface area contributed by atoms with Crippen molar-refractivity contribution in [2.45, 2.75) is 26.8 Å². The van der Waals surface area contributed by atoms with Crippen molar-refractivity contribution in [3.8, 4) is 0 Å². The van der Waals surface area contributed by atoms with Crippen LogP contribution in [0.3, 0.4) is 0 Å². The van der Waals surface area contributed by atoms with Gasteiger partial charge in [-0.1, -0.05) is 26.0 Å². The molecule has 2 N–H and O–H groups in total. The van der Waals surface area contributed by atoms with Gasteiger partial charge in [-0.15, -0.1) is 0 Å². The molecule has 0 spiro atoms. The number of aliphatic carboxylic acids is 1. The molecular weight excluding hydrogens is 270 g/mol. The van der Waals surface area contributed by atoms with Gasteiger partial charge in [0.1, 0.15) is 0 Å². The van der Waals surface area contributed by atoms with E-state index in [0.29, 0.717) is 31.0 Å². The molecule has 116 valence electrons. The Hall–Kier alpha value is -1.88. The maximum atomic E-state index is 11.3. The van der Waals surface area contributed by atoms with Crippen LogP contribution < -0.4 is 5.32 Å². The van der Waals surface area contributed by atoms with Crippen LogP contribution in [0.5, 0.6) is 0 Å². The van der Waals surface area contributed by atoms with Crippen molar-refractivity contribution < 1.29 is 19.4 Å². The van der Waals surface area contributed by atoms with Gasteiger partial charge in [-0.2, -0.15) is 0 Å². The van der Waals surface area contributed by atoms with Crippen LogP contribution in [0.2, 0.25) is 0 Å². The summed E-state index contributed by atoms with van der Waals surface area (Å²) in [6, 6.07) is 7.06. The Bertz CT molecular complexity index is 468. The molecule has 0 amide bonds. The third-order valence-corrected chi connectivity index (χ3v) is 3.20. The summed E-state index contributed by atoms with van der Waals surface area (Å²) in [5.74, 6) is -1.15. The van der Waals surface area contributed by atoms with E-state index in [-0.39, 0.29) is 11.9 Å². The molecule has 0 fully saturated rings. The monoisotopic (exact) mass is 293 g/mol. The normalized spacial score (nSPS) is 12.2.